The van der Waals surface area contributed by atoms with Crippen LogP contribution in [0.1, 0.15) is 5.56 Å². The highest BCUT2D eigenvalue weighted by molar-refractivity contribution is 7.87. The maximum atomic E-state index is 13.2. The Kier molecular flexibility index (Phi) is 5.07. The fourth-order valence-electron chi connectivity index (χ4n) is 1.40. The summed E-state index contributed by atoms with van der Waals surface area (Å²) in [6.45, 7) is 3.48. The molecular formula is C11H12F2O6S2. The Labute approximate surface area is 120 Å². The molecule has 21 heavy (non-hydrogen) atoms. The molecule has 118 valence electrons. The summed E-state index contributed by atoms with van der Waals surface area (Å²) in [5.74, 6) is -8.25. The fourth-order valence-corrected chi connectivity index (χ4v) is 3.25. The predicted octanol–water partition coefficient (Wildman–Crippen LogP) is 1.56. The third-order valence-electron chi connectivity index (χ3n) is 2.12. The van der Waals surface area contributed by atoms with Crippen molar-refractivity contribution >= 4 is 26.3 Å². The van der Waals surface area contributed by atoms with E-state index < -0.39 is 37.7 Å². The molecule has 0 radical (unpaired) electrons. The van der Waals surface area contributed by atoms with E-state index in [0.717, 1.165) is 0 Å². The van der Waals surface area contributed by atoms with Crippen LogP contribution in [0.15, 0.2) is 30.8 Å². The van der Waals surface area contributed by atoms with Crippen molar-refractivity contribution in [2.24, 2.45) is 0 Å². The standard InChI is InChI=1S/C11H12F2O6S2/c1-2-9-3-5-10(6-4-9)19-21(17,18)8-11(12,13)7-20(14,15)16/h2-6H,1,7-8H2,(H,14,15,16). The van der Waals surface area contributed by atoms with Crippen LogP contribution in [0, 0.1) is 0 Å². The van der Waals surface area contributed by atoms with E-state index in [1.54, 1.807) is 0 Å². The van der Waals surface area contributed by atoms with Gasteiger partial charge in [-0.15, -0.1) is 0 Å². The molecule has 0 spiro atoms. The number of halogens is 2. The topological polar surface area (TPSA) is 97.7 Å². The van der Waals surface area contributed by atoms with Crippen molar-refractivity contribution in [3.63, 3.8) is 0 Å². The number of hydrogen-bond donors (Lipinski definition) is 1. The monoisotopic (exact) mass is 342 g/mol. The molecule has 1 N–H and O–H groups in total. The van der Waals surface area contributed by atoms with E-state index in [4.69, 9.17) is 4.55 Å². The molecule has 0 atom stereocenters. The summed E-state index contributed by atoms with van der Waals surface area (Å²) < 4.78 is 82.9. The molecule has 0 saturated carbocycles. The van der Waals surface area contributed by atoms with Crippen LogP contribution in [0.25, 0.3) is 6.08 Å². The Morgan fingerprint density at radius 1 is 1.14 bits per heavy atom. The molecule has 10 heteroatoms. The summed E-state index contributed by atoms with van der Waals surface area (Å²) in [6.07, 6.45) is 1.48. The third kappa shape index (κ3) is 6.65. The zero-order valence-corrected chi connectivity index (χ0v) is 12.2. The summed E-state index contributed by atoms with van der Waals surface area (Å²) in [6, 6.07) is 5.37. The summed E-state index contributed by atoms with van der Waals surface area (Å²) >= 11 is 0. The molecule has 0 bridgehead atoms. The largest absolute Gasteiger partial charge is 0.382 e. The first-order valence-electron chi connectivity index (χ1n) is 5.40. The maximum Gasteiger partial charge on any atom is 0.315 e. The van der Waals surface area contributed by atoms with Gasteiger partial charge in [-0.25, -0.2) is 8.78 Å². The van der Waals surface area contributed by atoms with Gasteiger partial charge in [-0.3, -0.25) is 4.55 Å². The van der Waals surface area contributed by atoms with Crippen molar-refractivity contribution in [2.45, 2.75) is 5.92 Å². The number of rotatable bonds is 7. The molecule has 0 unspecified atom stereocenters. The van der Waals surface area contributed by atoms with E-state index in [1.807, 2.05) is 0 Å². The van der Waals surface area contributed by atoms with Gasteiger partial charge in [-0.1, -0.05) is 24.8 Å². The second-order valence-corrected chi connectivity index (χ2v) is 7.16. The summed E-state index contributed by atoms with van der Waals surface area (Å²) in [7, 11) is -9.75. The molecule has 0 aliphatic carbocycles. The molecule has 1 aromatic carbocycles. The smallest absolute Gasteiger partial charge is 0.315 e. The van der Waals surface area contributed by atoms with Crippen LogP contribution in [0.2, 0.25) is 0 Å². The molecule has 0 amide bonds. The number of hydrogen-bond acceptors (Lipinski definition) is 5. The molecule has 1 aromatic rings. The van der Waals surface area contributed by atoms with Crippen molar-refractivity contribution in [3.05, 3.63) is 36.4 Å². The van der Waals surface area contributed by atoms with Crippen molar-refractivity contribution in [1.82, 2.24) is 0 Å². The van der Waals surface area contributed by atoms with E-state index >= 15 is 0 Å². The van der Waals surface area contributed by atoms with Gasteiger partial charge in [0.25, 0.3) is 16.0 Å². The lowest BCUT2D eigenvalue weighted by Crippen LogP contribution is -2.36. The first kappa shape index (κ1) is 17.5. The summed E-state index contributed by atoms with van der Waals surface area (Å²) in [5, 5.41) is 0. The quantitative estimate of drug-likeness (QED) is 0.596. The van der Waals surface area contributed by atoms with Gasteiger partial charge in [0.15, 0.2) is 5.75 Å². The molecule has 0 fully saturated rings. The lowest BCUT2D eigenvalue weighted by Gasteiger charge is -2.15. The van der Waals surface area contributed by atoms with E-state index in [9.17, 15) is 25.6 Å². The lowest BCUT2D eigenvalue weighted by molar-refractivity contribution is 0.0481. The van der Waals surface area contributed by atoms with Gasteiger partial charge in [-0.05, 0) is 17.7 Å². The SMILES string of the molecule is C=Cc1ccc(OS(=O)(=O)CC(F)(F)CS(=O)(=O)O)cc1. The van der Waals surface area contributed by atoms with Crippen molar-refractivity contribution in [2.75, 3.05) is 11.5 Å². The summed E-state index contributed by atoms with van der Waals surface area (Å²) in [5.41, 5.74) is 0.663. The molecule has 0 aromatic heterocycles. The van der Waals surface area contributed by atoms with Gasteiger partial charge in [-0.2, -0.15) is 16.8 Å². The van der Waals surface area contributed by atoms with Gasteiger partial charge < -0.3 is 4.18 Å². The molecule has 0 saturated heterocycles. The maximum absolute atomic E-state index is 13.2. The Bertz CT molecular complexity index is 708. The van der Waals surface area contributed by atoms with Crippen LogP contribution >= 0.6 is 0 Å². The van der Waals surface area contributed by atoms with Crippen molar-refractivity contribution in [3.8, 4) is 5.75 Å². The first-order valence-corrected chi connectivity index (χ1v) is 8.59. The average Bonchev–Trinajstić information content (AvgIpc) is 2.24. The highest BCUT2D eigenvalue weighted by Gasteiger charge is 2.41. The molecule has 1 rings (SSSR count). The first-order chi connectivity index (χ1) is 9.42. The zero-order valence-electron chi connectivity index (χ0n) is 10.6. The number of alkyl halides is 2. The van der Waals surface area contributed by atoms with E-state index in [0.29, 0.717) is 5.56 Å². The van der Waals surface area contributed by atoms with Gasteiger partial charge >= 0.3 is 10.1 Å². The fraction of sp³-hybridized carbons (Fsp3) is 0.273. The molecule has 0 aliphatic rings. The highest BCUT2D eigenvalue weighted by atomic mass is 32.2. The highest BCUT2D eigenvalue weighted by Crippen LogP contribution is 2.21. The van der Waals surface area contributed by atoms with Gasteiger partial charge in [0.1, 0.15) is 11.5 Å². The van der Waals surface area contributed by atoms with Crippen LogP contribution in [0.5, 0.6) is 5.75 Å². The molecule has 0 aliphatic heterocycles. The Balaban J connectivity index is 2.83. The third-order valence-corrected chi connectivity index (χ3v) is 4.13. The van der Waals surface area contributed by atoms with Gasteiger partial charge in [0.2, 0.25) is 0 Å². The van der Waals surface area contributed by atoms with Crippen molar-refractivity contribution < 1.29 is 34.4 Å². The molecule has 6 nitrogen and oxygen atoms in total. The van der Waals surface area contributed by atoms with Crippen LogP contribution in [0.3, 0.4) is 0 Å². The number of benzene rings is 1. The van der Waals surface area contributed by atoms with Crippen molar-refractivity contribution in [1.29, 1.82) is 0 Å². The van der Waals surface area contributed by atoms with Crippen LogP contribution in [-0.2, 0) is 20.2 Å². The Hall–Kier alpha value is -1.52. The normalized spacial score (nSPS) is 12.9. The second kappa shape index (κ2) is 6.08. The van der Waals surface area contributed by atoms with Crippen LogP contribution < -0.4 is 4.18 Å². The van der Waals surface area contributed by atoms with Crippen LogP contribution in [-0.4, -0.2) is 38.8 Å². The zero-order chi connectivity index (χ0) is 16.3. The van der Waals surface area contributed by atoms with Gasteiger partial charge in [0.05, 0.1) is 0 Å². The van der Waals surface area contributed by atoms with Crippen LogP contribution in [0.4, 0.5) is 8.78 Å². The second-order valence-electron chi connectivity index (χ2n) is 4.14. The Morgan fingerprint density at radius 2 is 1.67 bits per heavy atom. The predicted molar refractivity (Wildman–Crippen MR) is 72.3 cm³/mol. The van der Waals surface area contributed by atoms with E-state index in [2.05, 4.69) is 10.8 Å². The minimum absolute atomic E-state index is 0.205. The van der Waals surface area contributed by atoms with Gasteiger partial charge in [0, 0.05) is 0 Å². The minimum Gasteiger partial charge on any atom is -0.382 e. The van der Waals surface area contributed by atoms with E-state index in [-0.39, 0.29) is 5.75 Å². The average molecular weight is 342 g/mol. The molecule has 0 heterocycles. The molecular weight excluding hydrogens is 330 g/mol. The summed E-state index contributed by atoms with van der Waals surface area (Å²) in [4.78, 5) is 0. The minimum atomic E-state index is -5.02. The van der Waals surface area contributed by atoms with E-state index in [1.165, 1.54) is 30.3 Å². The Morgan fingerprint density at radius 3 is 2.10 bits per heavy atom. The lowest BCUT2D eigenvalue weighted by atomic mass is 10.2.